The zero-order valence-corrected chi connectivity index (χ0v) is 14.5. The molecule has 0 fully saturated rings. The highest BCUT2D eigenvalue weighted by atomic mass is 19.1. The van der Waals surface area contributed by atoms with Crippen LogP contribution in [0, 0.1) is 22.9 Å². The standard InChI is InChI=1S/C17H17FN6O3/c1-12-15(24(26)27)11-23(20-12)9-7-17(25)19-16-6-8-22(21-16)10-13-4-2-3-5-14(13)18/h2-6,8,11H,7,9-10H2,1H3,(H,19,21,25). The van der Waals surface area contributed by atoms with Crippen LogP contribution in [0.4, 0.5) is 15.9 Å². The number of aromatic nitrogens is 4. The molecule has 2 heterocycles. The van der Waals surface area contributed by atoms with Crippen molar-refractivity contribution in [2.45, 2.75) is 26.4 Å². The largest absolute Gasteiger partial charge is 0.309 e. The number of aryl methyl sites for hydroxylation is 2. The van der Waals surface area contributed by atoms with Gasteiger partial charge in [-0.25, -0.2) is 4.39 Å². The molecule has 0 saturated heterocycles. The van der Waals surface area contributed by atoms with Gasteiger partial charge >= 0.3 is 5.69 Å². The van der Waals surface area contributed by atoms with Crippen LogP contribution >= 0.6 is 0 Å². The Morgan fingerprint density at radius 3 is 2.74 bits per heavy atom. The van der Waals surface area contributed by atoms with Gasteiger partial charge in [0.15, 0.2) is 5.82 Å². The van der Waals surface area contributed by atoms with Gasteiger partial charge in [0.05, 0.1) is 11.5 Å². The lowest BCUT2D eigenvalue weighted by molar-refractivity contribution is -0.385. The molecule has 3 rings (SSSR count). The van der Waals surface area contributed by atoms with Gasteiger partial charge in [-0.05, 0) is 13.0 Å². The first-order valence-electron chi connectivity index (χ1n) is 8.17. The number of hydrogen-bond acceptors (Lipinski definition) is 5. The third kappa shape index (κ3) is 4.54. The fourth-order valence-electron chi connectivity index (χ4n) is 2.54. The molecule has 0 bridgehead atoms. The van der Waals surface area contributed by atoms with Crippen molar-refractivity contribution in [1.82, 2.24) is 19.6 Å². The molecule has 1 N–H and O–H groups in total. The van der Waals surface area contributed by atoms with Crippen molar-refractivity contribution in [3.05, 3.63) is 69.9 Å². The number of hydrogen-bond donors (Lipinski definition) is 1. The van der Waals surface area contributed by atoms with Crippen LogP contribution in [0.3, 0.4) is 0 Å². The van der Waals surface area contributed by atoms with Crippen LogP contribution in [0.15, 0.2) is 42.7 Å². The van der Waals surface area contributed by atoms with E-state index in [2.05, 4.69) is 15.5 Å². The Labute approximate surface area is 153 Å². The average Bonchev–Trinajstić information content (AvgIpc) is 3.21. The second-order valence-corrected chi connectivity index (χ2v) is 5.91. The third-order valence-corrected chi connectivity index (χ3v) is 3.88. The number of rotatable bonds is 7. The van der Waals surface area contributed by atoms with Gasteiger partial charge in [-0.2, -0.15) is 10.2 Å². The Morgan fingerprint density at radius 1 is 1.26 bits per heavy atom. The summed E-state index contributed by atoms with van der Waals surface area (Å²) in [7, 11) is 0. The van der Waals surface area contributed by atoms with Crippen molar-refractivity contribution in [3.63, 3.8) is 0 Å². The van der Waals surface area contributed by atoms with Gasteiger partial charge in [-0.15, -0.1) is 0 Å². The Morgan fingerprint density at radius 2 is 2.04 bits per heavy atom. The molecule has 27 heavy (non-hydrogen) atoms. The fourth-order valence-corrected chi connectivity index (χ4v) is 2.54. The van der Waals surface area contributed by atoms with Crippen LogP contribution in [0.5, 0.6) is 0 Å². The molecule has 0 atom stereocenters. The van der Waals surface area contributed by atoms with Gasteiger partial charge < -0.3 is 5.32 Å². The molecule has 10 heteroatoms. The minimum Gasteiger partial charge on any atom is -0.309 e. The van der Waals surface area contributed by atoms with Crippen molar-refractivity contribution in [1.29, 1.82) is 0 Å². The summed E-state index contributed by atoms with van der Waals surface area (Å²) in [4.78, 5) is 22.3. The molecule has 0 radical (unpaired) electrons. The highest BCUT2D eigenvalue weighted by molar-refractivity contribution is 5.89. The lowest BCUT2D eigenvalue weighted by atomic mass is 10.2. The molecule has 2 aromatic heterocycles. The minimum absolute atomic E-state index is 0.0812. The molecule has 3 aromatic rings. The van der Waals surface area contributed by atoms with E-state index in [-0.39, 0.29) is 36.9 Å². The van der Waals surface area contributed by atoms with Gasteiger partial charge in [-0.3, -0.25) is 24.3 Å². The predicted octanol–water partition coefficient (Wildman–Crippen LogP) is 2.51. The van der Waals surface area contributed by atoms with Crippen LogP contribution < -0.4 is 5.32 Å². The first-order chi connectivity index (χ1) is 12.9. The molecule has 0 aliphatic rings. The lowest BCUT2D eigenvalue weighted by Crippen LogP contribution is -2.15. The van der Waals surface area contributed by atoms with Crippen LogP contribution in [0.1, 0.15) is 17.7 Å². The second kappa shape index (κ2) is 7.77. The van der Waals surface area contributed by atoms with Crippen molar-refractivity contribution in [3.8, 4) is 0 Å². The summed E-state index contributed by atoms with van der Waals surface area (Å²) in [6.07, 6.45) is 3.02. The van der Waals surface area contributed by atoms with E-state index in [9.17, 15) is 19.3 Å². The maximum atomic E-state index is 13.7. The van der Waals surface area contributed by atoms with Crippen LogP contribution in [0.2, 0.25) is 0 Å². The number of amides is 1. The Balaban J connectivity index is 1.54. The van der Waals surface area contributed by atoms with Gasteiger partial charge in [0.2, 0.25) is 5.91 Å². The van der Waals surface area contributed by atoms with Crippen molar-refractivity contribution in [2.24, 2.45) is 0 Å². The number of nitrogens with zero attached hydrogens (tertiary/aromatic N) is 5. The summed E-state index contributed by atoms with van der Waals surface area (Å²) in [5.74, 6) is -0.275. The highest BCUT2D eigenvalue weighted by Crippen LogP contribution is 2.15. The van der Waals surface area contributed by atoms with Crippen LogP contribution in [-0.4, -0.2) is 30.4 Å². The van der Waals surface area contributed by atoms with E-state index < -0.39 is 4.92 Å². The Kier molecular flexibility index (Phi) is 5.25. The number of halogens is 1. The Hall–Kier alpha value is -3.56. The number of anilines is 1. The Bertz CT molecular complexity index is 981. The topological polar surface area (TPSA) is 108 Å². The molecule has 140 valence electrons. The normalized spacial score (nSPS) is 10.7. The maximum absolute atomic E-state index is 13.7. The monoisotopic (exact) mass is 372 g/mol. The summed E-state index contributed by atoms with van der Waals surface area (Å²) in [6, 6.07) is 8.01. The number of nitro groups is 1. The first kappa shape index (κ1) is 18.2. The van der Waals surface area contributed by atoms with Gasteiger partial charge in [-0.1, -0.05) is 18.2 Å². The average molecular weight is 372 g/mol. The van der Waals surface area contributed by atoms with E-state index in [1.807, 2.05) is 0 Å². The number of benzene rings is 1. The van der Waals surface area contributed by atoms with Gasteiger partial charge in [0.25, 0.3) is 0 Å². The smallest absolute Gasteiger partial charge is 0.309 e. The molecule has 1 amide bonds. The molecule has 9 nitrogen and oxygen atoms in total. The van der Waals surface area contributed by atoms with E-state index in [1.165, 1.54) is 28.6 Å². The molecule has 0 saturated carbocycles. The quantitative estimate of drug-likeness (QED) is 0.506. The highest BCUT2D eigenvalue weighted by Gasteiger charge is 2.16. The summed E-state index contributed by atoms with van der Waals surface area (Å²) >= 11 is 0. The van der Waals surface area contributed by atoms with Crippen LogP contribution in [0.25, 0.3) is 0 Å². The second-order valence-electron chi connectivity index (χ2n) is 5.91. The lowest BCUT2D eigenvalue weighted by Gasteiger charge is -2.04. The molecule has 1 aromatic carbocycles. The van der Waals surface area contributed by atoms with E-state index in [1.54, 1.807) is 30.5 Å². The zero-order valence-electron chi connectivity index (χ0n) is 14.5. The number of nitrogens with one attached hydrogen (secondary N) is 1. The zero-order chi connectivity index (χ0) is 19.4. The van der Waals surface area contributed by atoms with Gasteiger partial charge in [0.1, 0.15) is 17.7 Å². The molecule has 0 aliphatic carbocycles. The summed E-state index contributed by atoms with van der Waals surface area (Å²) in [5.41, 5.74) is 0.712. The van der Waals surface area contributed by atoms with Crippen molar-refractivity contribution < 1.29 is 14.1 Å². The van der Waals surface area contributed by atoms with E-state index in [0.29, 0.717) is 17.1 Å². The fraction of sp³-hybridized carbons (Fsp3) is 0.235. The summed E-state index contributed by atoms with van der Waals surface area (Å²) in [5, 5.41) is 21.6. The molecular formula is C17H17FN6O3. The van der Waals surface area contributed by atoms with E-state index in [4.69, 9.17) is 0 Å². The molecule has 0 unspecified atom stereocenters. The molecule has 0 spiro atoms. The molecular weight excluding hydrogens is 355 g/mol. The summed E-state index contributed by atoms with van der Waals surface area (Å²) < 4.78 is 16.6. The first-order valence-corrected chi connectivity index (χ1v) is 8.17. The SMILES string of the molecule is Cc1nn(CCC(=O)Nc2ccn(Cc3ccccc3F)n2)cc1[N+](=O)[O-]. The summed E-state index contributed by atoms with van der Waals surface area (Å²) in [6.45, 7) is 1.99. The van der Waals surface area contributed by atoms with Gasteiger partial charge in [0, 0.05) is 30.8 Å². The predicted molar refractivity (Wildman–Crippen MR) is 94.6 cm³/mol. The molecule has 0 aliphatic heterocycles. The van der Waals surface area contributed by atoms with E-state index >= 15 is 0 Å². The van der Waals surface area contributed by atoms with Crippen molar-refractivity contribution >= 4 is 17.4 Å². The maximum Gasteiger partial charge on any atom is 0.309 e. The third-order valence-electron chi connectivity index (χ3n) is 3.88. The minimum atomic E-state index is -0.513. The number of carbonyl (C=O) groups excluding carboxylic acids is 1. The number of carbonyl (C=O) groups is 1. The van der Waals surface area contributed by atoms with E-state index in [0.717, 1.165) is 0 Å². The van der Waals surface area contributed by atoms with Crippen LogP contribution in [-0.2, 0) is 17.9 Å². The van der Waals surface area contributed by atoms with Crippen molar-refractivity contribution in [2.75, 3.05) is 5.32 Å².